The molecule has 82 valence electrons. The van der Waals surface area contributed by atoms with Gasteiger partial charge in [0.2, 0.25) is 0 Å². The molecule has 1 nitrogen and oxygen atoms in total. The van der Waals surface area contributed by atoms with Gasteiger partial charge >= 0.3 is 0 Å². The number of hydrogen-bond acceptors (Lipinski definition) is 1. The molecular formula is C13H18ClN. The minimum Gasteiger partial charge on any atom is -0.316 e. The summed E-state index contributed by atoms with van der Waals surface area (Å²) < 4.78 is 0. The van der Waals surface area contributed by atoms with Crippen molar-refractivity contribution in [3.05, 3.63) is 34.3 Å². The zero-order chi connectivity index (χ0) is 10.8. The molecule has 0 heterocycles. The molecule has 0 spiro atoms. The second kappa shape index (κ2) is 4.54. The minimum atomic E-state index is 0.644. The van der Waals surface area contributed by atoms with Gasteiger partial charge in [0, 0.05) is 11.1 Å². The van der Waals surface area contributed by atoms with E-state index >= 15 is 0 Å². The molecule has 1 aromatic rings. The smallest absolute Gasteiger partial charge is 0.0435 e. The summed E-state index contributed by atoms with van der Waals surface area (Å²) in [5, 5.41) is 4.28. The molecule has 0 aliphatic heterocycles. The largest absolute Gasteiger partial charge is 0.316 e. The number of likely N-dealkylation sites (N-methyl/N-ethyl adjacent to an activating group) is 1. The van der Waals surface area contributed by atoms with Gasteiger partial charge < -0.3 is 5.32 Å². The molecule has 1 atom stereocenters. The van der Waals surface area contributed by atoms with Crippen molar-refractivity contribution in [1.82, 2.24) is 5.32 Å². The van der Waals surface area contributed by atoms with Gasteiger partial charge in [0.25, 0.3) is 0 Å². The van der Waals surface area contributed by atoms with Crippen molar-refractivity contribution in [2.45, 2.75) is 32.2 Å². The summed E-state index contributed by atoms with van der Waals surface area (Å²) in [6.45, 7) is 2.07. The Hall–Kier alpha value is -0.530. The summed E-state index contributed by atoms with van der Waals surface area (Å²) in [4.78, 5) is 0. The van der Waals surface area contributed by atoms with Gasteiger partial charge in [-0.2, -0.15) is 0 Å². The van der Waals surface area contributed by atoms with Gasteiger partial charge in [-0.25, -0.2) is 0 Å². The molecule has 0 aromatic heterocycles. The minimum absolute atomic E-state index is 0.644. The molecule has 0 bridgehead atoms. The lowest BCUT2D eigenvalue weighted by atomic mass is 10.0. The van der Waals surface area contributed by atoms with Gasteiger partial charge in [-0.05, 0) is 56.3 Å². The fourth-order valence-corrected chi connectivity index (χ4v) is 2.21. The lowest BCUT2D eigenvalue weighted by Crippen LogP contribution is -2.29. The van der Waals surface area contributed by atoms with E-state index in [9.17, 15) is 0 Å². The predicted octanol–water partition coefficient (Wildman–Crippen LogP) is 3.19. The Morgan fingerprint density at radius 3 is 2.73 bits per heavy atom. The van der Waals surface area contributed by atoms with Crippen molar-refractivity contribution in [3.63, 3.8) is 0 Å². The molecule has 2 heteroatoms. The summed E-state index contributed by atoms with van der Waals surface area (Å²) in [7, 11) is 2.06. The molecule has 1 aliphatic carbocycles. The van der Waals surface area contributed by atoms with Crippen LogP contribution >= 0.6 is 11.6 Å². The van der Waals surface area contributed by atoms with Crippen LogP contribution in [0.5, 0.6) is 0 Å². The predicted molar refractivity (Wildman–Crippen MR) is 65.5 cm³/mol. The van der Waals surface area contributed by atoms with Gasteiger partial charge in [-0.1, -0.05) is 23.7 Å². The molecule has 1 saturated carbocycles. The number of aryl methyl sites for hydroxylation is 1. The Labute approximate surface area is 96.8 Å². The van der Waals surface area contributed by atoms with Crippen molar-refractivity contribution in [1.29, 1.82) is 0 Å². The summed E-state index contributed by atoms with van der Waals surface area (Å²) in [6, 6.07) is 6.99. The van der Waals surface area contributed by atoms with E-state index in [-0.39, 0.29) is 0 Å². The fourth-order valence-electron chi connectivity index (χ4n) is 2.09. The third kappa shape index (κ3) is 2.73. The van der Waals surface area contributed by atoms with Crippen LogP contribution in [0.25, 0.3) is 0 Å². The van der Waals surface area contributed by atoms with Crippen LogP contribution in [-0.2, 0) is 6.42 Å². The van der Waals surface area contributed by atoms with Gasteiger partial charge in [0.1, 0.15) is 0 Å². The van der Waals surface area contributed by atoms with Crippen LogP contribution in [0.3, 0.4) is 0 Å². The number of benzene rings is 1. The Bertz CT molecular complexity index is 344. The van der Waals surface area contributed by atoms with Gasteiger partial charge in [-0.3, -0.25) is 0 Å². The van der Waals surface area contributed by atoms with E-state index in [1.807, 2.05) is 6.07 Å². The second-order valence-corrected chi connectivity index (χ2v) is 4.93. The lowest BCUT2D eigenvalue weighted by Gasteiger charge is -2.15. The molecule has 0 amide bonds. The first-order chi connectivity index (χ1) is 7.20. The number of hydrogen-bond donors (Lipinski definition) is 1. The van der Waals surface area contributed by atoms with E-state index in [1.165, 1.54) is 24.0 Å². The molecule has 1 unspecified atom stereocenters. The van der Waals surface area contributed by atoms with Crippen molar-refractivity contribution in [2.75, 3.05) is 7.05 Å². The molecule has 2 rings (SSSR count). The maximum absolute atomic E-state index is 6.01. The molecule has 1 aromatic carbocycles. The maximum atomic E-state index is 6.01. The van der Waals surface area contributed by atoms with E-state index in [1.54, 1.807) is 0 Å². The number of halogens is 1. The molecule has 1 N–H and O–H groups in total. The topological polar surface area (TPSA) is 12.0 Å². The van der Waals surface area contributed by atoms with E-state index in [0.29, 0.717) is 6.04 Å². The quantitative estimate of drug-likeness (QED) is 0.827. The third-order valence-electron chi connectivity index (χ3n) is 3.24. The van der Waals surface area contributed by atoms with E-state index in [4.69, 9.17) is 11.6 Å². The monoisotopic (exact) mass is 223 g/mol. The van der Waals surface area contributed by atoms with Crippen LogP contribution in [-0.4, -0.2) is 13.1 Å². The van der Waals surface area contributed by atoms with Crippen LogP contribution in [0.15, 0.2) is 18.2 Å². The third-order valence-corrected chi connectivity index (χ3v) is 3.66. The average molecular weight is 224 g/mol. The van der Waals surface area contributed by atoms with Crippen molar-refractivity contribution in [3.8, 4) is 0 Å². The van der Waals surface area contributed by atoms with E-state index in [2.05, 4.69) is 31.4 Å². The maximum Gasteiger partial charge on any atom is 0.0435 e. The Morgan fingerprint density at radius 2 is 2.20 bits per heavy atom. The second-order valence-electron chi connectivity index (χ2n) is 4.52. The molecule has 1 aliphatic rings. The molecule has 15 heavy (non-hydrogen) atoms. The van der Waals surface area contributed by atoms with Crippen LogP contribution in [0, 0.1) is 12.8 Å². The first-order valence-electron chi connectivity index (χ1n) is 5.63. The first-order valence-corrected chi connectivity index (χ1v) is 6.01. The fraction of sp³-hybridized carbons (Fsp3) is 0.538. The molecule has 0 saturated heterocycles. The van der Waals surface area contributed by atoms with Crippen LogP contribution in [0.1, 0.15) is 24.0 Å². The van der Waals surface area contributed by atoms with Crippen molar-refractivity contribution < 1.29 is 0 Å². The van der Waals surface area contributed by atoms with Gasteiger partial charge in [-0.15, -0.1) is 0 Å². The highest BCUT2D eigenvalue weighted by molar-refractivity contribution is 6.31. The molecular weight excluding hydrogens is 206 g/mol. The summed E-state index contributed by atoms with van der Waals surface area (Å²) >= 11 is 6.01. The highest BCUT2D eigenvalue weighted by Gasteiger charge is 2.29. The average Bonchev–Trinajstić information content (AvgIpc) is 3.03. The normalized spacial score (nSPS) is 17.8. The Kier molecular flexibility index (Phi) is 3.32. The van der Waals surface area contributed by atoms with Crippen LogP contribution in [0.4, 0.5) is 0 Å². The lowest BCUT2D eigenvalue weighted by molar-refractivity contribution is 0.500. The summed E-state index contributed by atoms with van der Waals surface area (Å²) in [6.07, 6.45) is 3.90. The molecule has 0 radical (unpaired) electrons. The Balaban J connectivity index is 2.05. The highest BCUT2D eigenvalue weighted by Crippen LogP contribution is 2.34. The van der Waals surface area contributed by atoms with Crippen molar-refractivity contribution in [2.24, 2.45) is 5.92 Å². The van der Waals surface area contributed by atoms with E-state index in [0.717, 1.165) is 17.4 Å². The molecule has 1 fully saturated rings. The summed E-state index contributed by atoms with van der Waals surface area (Å²) in [5.41, 5.74) is 2.57. The Morgan fingerprint density at radius 1 is 1.47 bits per heavy atom. The SMILES string of the molecule is CNC(Cc1ccc(Cl)c(C)c1)C1CC1. The highest BCUT2D eigenvalue weighted by atomic mass is 35.5. The van der Waals surface area contributed by atoms with Crippen LogP contribution in [0.2, 0.25) is 5.02 Å². The number of rotatable bonds is 4. The van der Waals surface area contributed by atoms with Crippen molar-refractivity contribution >= 4 is 11.6 Å². The zero-order valence-electron chi connectivity index (χ0n) is 9.39. The first kappa shape index (κ1) is 11.0. The summed E-state index contributed by atoms with van der Waals surface area (Å²) in [5.74, 6) is 0.894. The van der Waals surface area contributed by atoms with Gasteiger partial charge in [0.15, 0.2) is 0 Å². The van der Waals surface area contributed by atoms with E-state index < -0.39 is 0 Å². The van der Waals surface area contributed by atoms with Crippen LogP contribution < -0.4 is 5.32 Å². The standard InChI is InChI=1S/C13H18ClN/c1-9-7-10(3-6-12(9)14)8-13(15-2)11-4-5-11/h3,6-7,11,13,15H,4-5,8H2,1-2H3. The zero-order valence-corrected chi connectivity index (χ0v) is 10.1. The van der Waals surface area contributed by atoms with Gasteiger partial charge in [0.05, 0.1) is 0 Å². The number of nitrogens with one attached hydrogen (secondary N) is 1.